The van der Waals surface area contributed by atoms with Gasteiger partial charge in [-0.1, -0.05) is 11.6 Å². The maximum absolute atomic E-state index is 6.06. The smallest absolute Gasteiger partial charge is 0.137 e. The van der Waals surface area contributed by atoms with Crippen molar-refractivity contribution in [1.82, 2.24) is 0 Å². The van der Waals surface area contributed by atoms with Gasteiger partial charge < -0.3 is 15.8 Å². The molecule has 0 heterocycles. The van der Waals surface area contributed by atoms with Crippen LogP contribution in [0.4, 0.5) is 5.69 Å². The minimum absolute atomic E-state index is 0.251. The molecule has 0 bridgehead atoms. The summed E-state index contributed by atoms with van der Waals surface area (Å²) in [5.74, 6) is 0.691. The fraction of sp³-hybridized carbons (Fsp3) is 0.500. The van der Waals surface area contributed by atoms with E-state index in [2.05, 4.69) is 5.32 Å². The van der Waals surface area contributed by atoms with Gasteiger partial charge in [-0.2, -0.15) is 0 Å². The van der Waals surface area contributed by atoms with E-state index in [0.717, 1.165) is 11.3 Å². The third-order valence-electron chi connectivity index (χ3n) is 2.23. The monoisotopic (exact) mass is 242 g/mol. The minimum atomic E-state index is -0.251. The van der Waals surface area contributed by atoms with Crippen molar-refractivity contribution in [2.45, 2.75) is 26.3 Å². The number of hydrogen-bond acceptors (Lipinski definition) is 3. The van der Waals surface area contributed by atoms with E-state index in [0.29, 0.717) is 17.3 Å². The highest BCUT2D eigenvalue weighted by atomic mass is 35.5. The Balaban J connectivity index is 2.86. The number of aryl methyl sites for hydroxylation is 1. The average molecular weight is 243 g/mol. The Kier molecular flexibility index (Phi) is 4.05. The van der Waals surface area contributed by atoms with Crippen LogP contribution in [0.3, 0.4) is 0 Å². The molecule has 0 radical (unpaired) electrons. The van der Waals surface area contributed by atoms with Crippen LogP contribution < -0.4 is 15.8 Å². The van der Waals surface area contributed by atoms with E-state index in [1.165, 1.54) is 0 Å². The van der Waals surface area contributed by atoms with Crippen LogP contribution in [-0.4, -0.2) is 19.2 Å². The Morgan fingerprint density at radius 3 is 2.56 bits per heavy atom. The fourth-order valence-corrected chi connectivity index (χ4v) is 1.57. The average Bonchev–Trinajstić information content (AvgIpc) is 2.17. The van der Waals surface area contributed by atoms with Gasteiger partial charge in [-0.15, -0.1) is 0 Å². The zero-order chi connectivity index (χ0) is 12.3. The predicted molar refractivity (Wildman–Crippen MR) is 69.5 cm³/mol. The van der Waals surface area contributed by atoms with Crippen molar-refractivity contribution in [2.24, 2.45) is 5.73 Å². The standard InChI is InChI=1S/C12H19ClN2O/c1-8-5-11(16-4)9(13)6-10(8)15-7-12(2,3)14/h5-6,15H,7,14H2,1-4H3. The number of halogens is 1. The molecule has 1 rings (SSSR count). The first kappa shape index (κ1) is 13.1. The molecule has 3 N–H and O–H groups in total. The first-order chi connectivity index (χ1) is 7.33. The number of benzene rings is 1. The fourth-order valence-electron chi connectivity index (χ4n) is 1.32. The Morgan fingerprint density at radius 2 is 2.06 bits per heavy atom. The molecular weight excluding hydrogens is 224 g/mol. The topological polar surface area (TPSA) is 47.3 Å². The highest BCUT2D eigenvalue weighted by Crippen LogP contribution is 2.30. The Labute approximate surface area is 102 Å². The summed E-state index contributed by atoms with van der Waals surface area (Å²) in [6.07, 6.45) is 0. The molecule has 0 amide bonds. The zero-order valence-corrected chi connectivity index (χ0v) is 11.0. The first-order valence-electron chi connectivity index (χ1n) is 5.20. The van der Waals surface area contributed by atoms with Crippen molar-refractivity contribution >= 4 is 17.3 Å². The molecular formula is C12H19ClN2O. The lowest BCUT2D eigenvalue weighted by Gasteiger charge is -2.21. The van der Waals surface area contributed by atoms with Crippen LogP contribution in [0.15, 0.2) is 12.1 Å². The quantitative estimate of drug-likeness (QED) is 0.854. The molecule has 0 unspecified atom stereocenters. The molecule has 1 aromatic rings. The molecule has 4 heteroatoms. The van der Waals surface area contributed by atoms with Crippen molar-refractivity contribution in [2.75, 3.05) is 19.0 Å². The summed E-state index contributed by atoms with van der Waals surface area (Å²) < 4.78 is 5.14. The molecule has 0 saturated carbocycles. The molecule has 1 aromatic carbocycles. The first-order valence-corrected chi connectivity index (χ1v) is 5.58. The largest absolute Gasteiger partial charge is 0.495 e. The van der Waals surface area contributed by atoms with E-state index in [4.69, 9.17) is 22.1 Å². The van der Waals surface area contributed by atoms with E-state index in [1.807, 2.05) is 32.9 Å². The van der Waals surface area contributed by atoms with E-state index >= 15 is 0 Å². The van der Waals surface area contributed by atoms with Crippen LogP contribution in [0.25, 0.3) is 0 Å². The van der Waals surface area contributed by atoms with Crippen molar-refractivity contribution in [3.8, 4) is 5.75 Å². The summed E-state index contributed by atoms with van der Waals surface area (Å²) in [5.41, 5.74) is 7.73. The molecule has 0 aromatic heterocycles. The van der Waals surface area contributed by atoms with Crippen molar-refractivity contribution in [1.29, 1.82) is 0 Å². The number of anilines is 1. The van der Waals surface area contributed by atoms with Crippen molar-refractivity contribution in [3.63, 3.8) is 0 Å². The van der Waals surface area contributed by atoms with Gasteiger partial charge in [0, 0.05) is 17.8 Å². The second kappa shape index (κ2) is 4.93. The van der Waals surface area contributed by atoms with Gasteiger partial charge in [-0.3, -0.25) is 0 Å². The van der Waals surface area contributed by atoms with Gasteiger partial charge in [0.25, 0.3) is 0 Å². The van der Waals surface area contributed by atoms with E-state index in [-0.39, 0.29) is 5.54 Å². The zero-order valence-electron chi connectivity index (χ0n) is 10.2. The van der Waals surface area contributed by atoms with E-state index < -0.39 is 0 Å². The summed E-state index contributed by atoms with van der Waals surface area (Å²) in [7, 11) is 1.61. The second-order valence-electron chi connectivity index (χ2n) is 4.64. The molecule has 0 spiro atoms. The molecule has 0 aliphatic carbocycles. The van der Waals surface area contributed by atoms with Crippen molar-refractivity contribution < 1.29 is 4.74 Å². The molecule has 0 saturated heterocycles. The van der Waals surface area contributed by atoms with Gasteiger partial charge in [0.15, 0.2) is 0 Å². The lowest BCUT2D eigenvalue weighted by Crippen LogP contribution is -2.39. The Bertz CT molecular complexity index is 372. The molecule has 0 aliphatic rings. The third kappa shape index (κ3) is 3.58. The van der Waals surface area contributed by atoms with Gasteiger partial charge in [0.2, 0.25) is 0 Å². The second-order valence-corrected chi connectivity index (χ2v) is 5.05. The van der Waals surface area contributed by atoms with Crippen LogP contribution in [-0.2, 0) is 0 Å². The van der Waals surface area contributed by atoms with Gasteiger partial charge >= 0.3 is 0 Å². The van der Waals surface area contributed by atoms with Crippen LogP contribution in [0, 0.1) is 6.92 Å². The van der Waals surface area contributed by atoms with Gasteiger partial charge in [-0.25, -0.2) is 0 Å². The van der Waals surface area contributed by atoms with E-state index in [1.54, 1.807) is 7.11 Å². The summed E-state index contributed by atoms with van der Waals surface area (Å²) in [5, 5.41) is 3.88. The number of rotatable bonds is 4. The third-order valence-corrected chi connectivity index (χ3v) is 2.53. The summed E-state index contributed by atoms with van der Waals surface area (Å²) in [6.45, 7) is 6.64. The Morgan fingerprint density at radius 1 is 1.44 bits per heavy atom. The van der Waals surface area contributed by atoms with Crippen LogP contribution in [0.2, 0.25) is 5.02 Å². The van der Waals surface area contributed by atoms with Gasteiger partial charge in [0.05, 0.1) is 12.1 Å². The molecule has 3 nitrogen and oxygen atoms in total. The molecule has 0 aliphatic heterocycles. The van der Waals surface area contributed by atoms with Crippen molar-refractivity contribution in [3.05, 3.63) is 22.7 Å². The normalized spacial score (nSPS) is 11.4. The van der Waals surface area contributed by atoms with Crippen LogP contribution in [0.1, 0.15) is 19.4 Å². The molecule has 0 atom stereocenters. The molecule has 90 valence electrons. The highest BCUT2D eigenvalue weighted by molar-refractivity contribution is 6.32. The van der Waals surface area contributed by atoms with E-state index in [9.17, 15) is 0 Å². The minimum Gasteiger partial charge on any atom is -0.495 e. The van der Waals surface area contributed by atoms with Gasteiger partial charge in [-0.05, 0) is 38.5 Å². The van der Waals surface area contributed by atoms with Crippen LogP contribution >= 0.6 is 11.6 Å². The number of ether oxygens (including phenoxy) is 1. The number of hydrogen-bond donors (Lipinski definition) is 2. The SMILES string of the molecule is COc1cc(C)c(NCC(C)(C)N)cc1Cl. The summed E-state index contributed by atoms with van der Waals surface area (Å²) in [6, 6.07) is 3.77. The number of nitrogens with one attached hydrogen (secondary N) is 1. The molecule has 16 heavy (non-hydrogen) atoms. The number of methoxy groups -OCH3 is 1. The highest BCUT2D eigenvalue weighted by Gasteiger charge is 2.12. The molecule has 0 fully saturated rings. The number of nitrogens with two attached hydrogens (primary N) is 1. The lowest BCUT2D eigenvalue weighted by molar-refractivity contribution is 0.415. The Hall–Kier alpha value is -0.930. The van der Waals surface area contributed by atoms with Crippen LogP contribution in [0.5, 0.6) is 5.75 Å². The maximum atomic E-state index is 6.06. The predicted octanol–water partition coefficient (Wildman–Crippen LogP) is 2.81. The summed E-state index contributed by atoms with van der Waals surface area (Å²) >= 11 is 6.06. The summed E-state index contributed by atoms with van der Waals surface area (Å²) in [4.78, 5) is 0. The lowest BCUT2D eigenvalue weighted by atomic mass is 10.1. The van der Waals surface area contributed by atoms with Gasteiger partial charge in [0.1, 0.15) is 5.75 Å². The maximum Gasteiger partial charge on any atom is 0.137 e.